The lowest BCUT2D eigenvalue weighted by molar-refractivity contribution is -0.118. The summed E-state index contributed by atoms with van der Waals surface area (Å²) in [5.74, 6) is 0.913. The molecule has 1 heterocycles. The van der Waals surface area contributed by atoms with Crippen LogP contribution in [0.2, 0.25) is 0 Å². The average Bonchev–Trinajstić information content (AvgIpc) is 2.59. The summed E-state index contributed by atoms with van der Waals surface area (Å²) in [6.07, 6.45) is 3.21. The largest absolute Gasteiger partial charge is 0.497 e. The van der Waals surface area contributed by atoms with Crippen molar-refractivity contribution in [2.24, 2.45) is 0 Å². The van der Waals surface area contributed by atoms with E-state index in [1.807, 2.05) is 24.3 Å². The number of ether oxygens (including phenoxy) is 2. The lowest BCUT2D eigenvalue weighted by Crippen LogP contribution is -2.25. The third-order valence-electron chi connectivity index (χ3n) is 3.42. The first-order valence-electron chi connectivity index (χ1n) is 7.09. The van der Waals surface area contributed by atoms with Crippen LogP contribution >= 0.6 is 0 Å². The SMILES string of the molecule is COc1cccc(/C=C/C(=O)c2ccc3c(c2)NC(=O)CO3)c1. The van der Waals surface area contributed by atoms with E-state index in [-0.39, 0.29) is 18.3 Å². The Hall–Kier alpha value is -3.08. The number of allylic oxidation sites excluding steroid dienone is 1. The zero-order valence-corrected chi connectivity index (χ0v) is 12.5. The molecule has 116 valence electrons. The molecule has 0 saturated carbocycles. The summed E-state index contributed by atoms with van der Waals surface area (Å²) in [5, 5.41) is 2.69. The zero-order chi connectivity index (χ0) is 16.2. The molecule has 0 radical (unpaired) electrons. The molecule has 3 rings (SSSR count). The fourth-order valence-electron chi connectivity index (χ4n) is 2.25. The number of methoxy groups -OCH3 is 1. The molecule has 2 aromatic rings. The average molecular weight is 309 g/mol. The van der Waals surface area contributed by atoms with Crippen molar-refractivity contribution in [3.05, 3.63) is 59.7 Å². The van der Waals surface area contributed by atoms with Crippen molar-refractivity contribution in [1.29, 1.82) is 0 Å². The smallest absolute Gasteiger partial charge is 0.262 e. The van der Waals surface area contributed by atoms with Crippen LogP contribution in [0.3, 0.4) is 0 Å². The minimum atomic E-state index is -0.228. The van der Waals surface area contributed by atoms with Gasteiger partial charge in [0.2, 0.25) is 0 Å². The maximum Gasteiger partial charge on any atom is 0.262 e. The summed E-state index contributed by atoms with van der Waals surface area (Å²) in [4.78, 5) is 23.6. The summed E-state index contributed by atoms with van der Waals surface area (Å²) in [5.41, 5.74) is 1.86. The van der Waals surface area contributed by atoms with E-state index < -0.39 is 0 Å². The Labute approximate surface area is 133 Å². The van der Waals surface area contributed by atoms with E-state index in [4.69, 9.17) is 9.47 Å². The third-order valence-corrected chi connectivity index (χ3v) is 3.42. The van der Waals surface area contributed by atoms with Gasteiger partial charge in [-0.2, -0.15) is 0 Å². The molecule has 23 heavy (non-hydrogen) atoms. The van der Waals surface area contributed by atoms with Crippen molar-refractivity contribution in [3.63, 3.8) is 0 Å². The topological polar surface area (TPSA) is 64.6 Å². The second kappa shape index (κ2) is 6.36. The van der Waals surface area contributed by atoms with E-state index in [2.05, 4.69) is 5.32 Å². The summed E-state index contributed by atoms with van der Waals surface area (Å²) >= 11 is 0. The molecule has 2 aromatic carbocycles. The molecule has 5 nitrogen and oxygen atoms in total. The molecule has 5 heteroatoms. The van der Waals surface area contributed by atoms with E-state index in [0.29, 0.717) is 17.0 Å². The van der Waals surface area contributed by atoms with E-state index in [0.717, 1.165) is 11.3 Å². The summed E-state index contributed by atoms with van der Waals surface area (Å²) < 4.78 is 10.4. The maximum atomic E-state index is 12.3. The van der Waals surface area contributed by atoms with E-state index in [1.165, 1.54) is 6.08 Å². The molecule has 0 atom stereocenters. The predicted molar refractivity (Wildman–Crippen MR) is 86.9 cm³/mol. The first kappa shape index (κ1) is 14.8. The summed E-state index contributed by atoms with van der Waals surface area (Å²) in [6.45, 7) is -0.00393. The second-order valence-corrected chi connectivity index (χ2v) is 5.02. The van der Waals surface area contributed by atoms with Gasteiger partial charge in [-0.3, -0.25) is 9.59 Å². The molecular weight excluding hydrogens is 294 g/mol. The van der Waals surface area contributed by atoms with Crippen LogP contribution in [-0.4, -0.2) is 25.4 Å². The van der Waals surface area contributed by atoms with Crippen LogP contribution in [0.5, 0.6) is 11.5 Å². The third kappa shape index (κ3) is 3.40. The Bertz CT molecular complexity index is 795. The molecule has 0 spiro atoms. The maximum absolute atomic E-state index is 12.3. The number of nitrogens with one attached hydrogen (secondary N) is 1. The van der Waals surface area contributed by atoms with Gasteiger partial charge in [-0.1, -0.05) is 18.2 Å². The van der Waals surface area contributed by atoms with Crippen molar-refractivity contribution in [2.45, 2.75) is 0 Å². The van der Waals surface area contributed by atoms with E-state index in [1.54, 1.807) is 31.4 Å². The molecule has 0 aliphatic carbocycles. The molecule has 1 aliphatic heterocycles. The van der Waals surface area contributed by atoms with Crippen molar-refractivity contribution >= 4 is 23.5 Å². The van der Waals surface area contributed by atoms with Crippen molar-refractivity contribution in [2.75, 3.05) is 19.0 Å². The summed E-state index contributed by atoms with van der Waals surface area (Å²) in [7, 11) is 1.59. The number of carbonyl (C=O) groups excluding carboxylic acids is 2. The summed E-state index contributed by atoms with van der Waals surface area (Å²) in [6, 6.07) is 12.4. The number of ketones is 1. The fourth-order valence-corrected chi connectivity index (χ4v) is 2.25. The Balaban J connectivity index is 1.79. The minimum absolute atomic E-state index is 0.00393. The van der Waals surface area contributed by atoms with Gasteiger partial charge in [0, 0.05) is 5.56 Å². The molecule has 0 unspecified atom stereocenters. The van der Waals surface area contributed by atoms with Crippen LogP contribution in [0.25, 0.3) is 6.08 Å². The van der Waals surface area contributed by atoms with E-state index >= 15 is 0 Å². The van der Waals surface area contributed by atoms with Crippen molar-refractivity contribution < 1.29 is 19.1 Å². The van der Waals surface area contributed by atoms with Crippen LogP contribution in [0.15, 0.2) is 48.5 Å². The van der Waals surface area contributed by atoms with E-state index in [9.17, 15) is 9.59 Å². The Kier molecular flexibility index (Phi) is 4.10. The monoisotopic (exact) mass is 309 g/mol. The van der Waals surface area contributed by atoms with Crippen molar-refractivity contribution in [1.82, 2.24) is 0 Å². The van der Waals surface area contributed by atoms with Gasteiger partial charge in [0.1, 0.15) is 11.5 Å². The number of amides is 1. The number of anilines is 1. The highest BCUT2D eigenvalue weighted by atomic mass is 16.5. The molecule has 1 N–H and O–H groups in total. The second-order valence-electron chi connectivity index (χ2n) is 5.02. The van der Waals surface area contributed by atoms with Crippen LogP contribution in [0, 0.1) is 0 Å². The van der Waals surface area contributed by atoms with Crippen LogP contribution in [0.4, 0.5) is 5.69 Å². The van der Waals surface area contributed by atoms with Gasteiger partial charge >= 0.3 is 0 Å². The Morgan fingerprint density at radius 1 is 1.26 bits per heavy atom. The highest BCUT2D eigenvalue weighted by molar-refractivity contribution is 6.08. The predicted octanol–water partition coefficient (Wildman–Crippen LogP) is 2.92. The standard InChI is InChI=1S/C18H15NO4/c1-22-14-4-2-3-12(9-14)5-7-16(20)13-6-8-17-15(10-13)19-18(21)11-23-17/h2-10H,11H2,1H3,(H,19,21)/b7-5+. The number of benzene rings is 2. The Morgan fingerprint density at radius 2 is 2.13 bits per heavy atom. The lowest BCUT2D eigenvalue weighted by Gasteiger charge is -2.17. The normalized spacial score (nSPS) is 13.2. The van der Waals surface area contributed by atoms with Gasteiger partial charge < -0.3 is 14.8 Å². The molecule has 0 bridgehead atoms. The van der Waals surface area contributed by atoms with Gasteiger partial charge in [-0.25, -0.2) is 0 Å². The molecule has 1 amide bonds. The Morgan fingerprint density at radius 3 is 2.96 bits per heavy atom. The molecular formula is C18H15NO4. The highest BCUT2D eigenvalue weighted by Crippen LogP contribution is 2.28. The van der Waals surface area contributed by atoms with Gasteiger partial charge in [0.25, 0.3) is 5.91 Å². The van der Waals surface area contributed by atoms with Crippen LogP contribution in [-0.2, 0) is 4.79 Å². The minimum Gasteiger partial charge on any atom is -0.497 e. The van der Waals surface area contributed by atoms with Gasteiger partial charge in [0.15, 0.2) is 12.4 Å². The van der Waals surface area contributed by atoms with Gasteiger partial charge in [-0.15, -0.1) is 0 Å². The number of rotatable bonds is 4. The molecule has 0 aromatic heterocycles. The first-order chi connectivity index (χ1) is 11.2. The fraction of sp³-hybridized carbons (Fsp3) is 0.111. The number of hydrogen-bond acceptors (Lipinski definition) is 4. The quantitative estimate of drug-likeness (QED) is 0.696. The molecule has 0 saturated heterocycles. The van der Waals surface area contributed by atoms with Crippen molar-refractivity contribution in [3.8, 4) is 11.5 Å². The molecule has 0 fully saturated rings. The van der Waals surface area contributed by atoms with Crippen LogP contribution < -0.4 is 14.8 Å². The van der Waals surface area contributed by atoms with Gasteiger partial charge in [-0.05, 0) is 42.0 Å². The van der Waals surface area contributed by atoms with Crippen LogP contribution in [0.1, 0.15) is 15.9 Å². The zero-order valence-electron chi connectivity index (χ0n) is 12.5. The van der Waals surface area contributed by atoms with Gasteiger partial charge in [0.05, 0.1) is 12.8 Å². The lowest BCUT2D eigenvalue weighted by atomic mass is 10.1. The highest BCUT2D eigenvalue weighted by Gasteiger charge is 2.17. The first-order valence-corrected chi connectivity index (χ1v) is 7.09. The number of carbonyl (C=O) groups is 2. The number of fused-ring (bicyclic) bond motifs is 1. The molecule has 1 aliphatic rings. The number of hydrogen-bond donors (Lipinski definition) is 1.